The van der Waals surface area contributed by atoms with E-state index in [-0.39, 0.29) is 11.6 Å². The molecule has 1 spiro atoms. The van der Waals surface area contributed by atoms with Crippen LogP contribution in [0.25, 0.3) is 0 Å². The van der Waals surface area contributed by atoms with E-state index in [0.29, 0.717) is 12.5 Å². The van der Waals surface area contributed by atoms with Gasteiger partial charge < -0.3 is 9.64 Å². The molecule has 1 atom stereocenters. The van der Waals surface area contributed by atoms with Gasteiger partial charge in [-0.25, -0.2) is 0 Å². The van der Waals surface area contributed by atoms with Crippen molar-refractivity contribution in [1.82, 2.24) is 4.90 Å². The maximum absolute atomic E-state index is 11.2. The van der Waals surface area contributed by atoms with Gasteiger partial charge in [0, 0.05) is 19.0 Å². The molecule has 0 aromatic heterocycles. The Morgan fingerprint density at radius 1 is 1.27 bits per heavy atom. The summed E-state index contributed by atoms with van der Waals surface area (Å²) in [4.78, 5) is 13.7. The van der Waals surface area contributed by atoms with E-state index in [0.717, 1.165) is 38.8 Å². The van der Waals surface area contributed by atoms with Crippen molar-refractivity contribution in [2.45, 2.75) is 57.6 Å². The van der Waals surface area contributed by atoms with Crippen LogP contribution in [0.5, 0.6) is 0 Å². The number of likely N-dealkylation sites (tertiary alicyclic amines) is 1. The lowest BCUT2D eigenvalue weighted by atomic mass is 9.92. The van der Waals surface area contributed by atoms with Crippen LogP contribution >= 0.6 is 0 Å². The lowest BCUT2D eigenvalue weighted by Gasteiger charge is -2.27. The highest BCUT2D eigenvalue weighted by Gasteiger charge is 2.41. The number of hydrogen-bond donors (Lipinski definition) is 0. The zero-order chi connectivity index (χ0) is 10.9. The summed E-state index contributed by atoms with van der Waals surface area (Å²) in [5.41, 5.74) is -0.0965. The van der Waals surface area contributed by atoms with Gasteiger partial charge in [-0.3, -0.25) is 4.79 Å². The van der Waals surface area contributed by atoms with Crippen LogP contribution in [0.4, 0.5) is 0 Å². The molecule has 2 fully saturated rings. The molecule has 2 aliphatic heterocycles. The topological polar surface area (TPSA) is 29.5 Å². The van der Waals surface area contributed by atoms with Gasteiger partial charge in [0.25, 0.3) is 0 Å². The zero-order valence-electron chi connectivity index (χ0n) is 9.79. The molecule has 2 saturated heterocycles. The van der Waals surface area contributed by atoms with Gasteiger partial charge in [0.05, 0.1) is 0 Å². The highest BCUT2D eigenvalue weighted by atomic mass is 16.6. The third-order valence-electron chi connectivity index (χ3n) is 3.78. The minimum atomic E-state index is -0.0965. The van der Waals surface area contributed by atoms with Gasteiger partial charge in [0.15, 0.2) is 0 Å². The molecular formula is C12H21NO2. The quantitative estimate of drug-likeness (QED) is 0.621. The van der Waals surface area contributed by atoms with Crippen molar-refractivity contribution in [3.8, 4) is 0 Å². The van der Waals surface area contributed by atoms with Crippen molar-refractivity contribution < 1.29 is 9.53 Å². The fourth-order valence-electron chi connectivity index (χ4n) is 2.73. The maximum atomic E-state index is 11.2. The molecule has 3 nitrogen and oxygen atoms in total. The highest BCUT2D eigenvalue weighted by Crippen LogP contribution is 2.36. The number of ether oxygens (including phenoxy) is 1. The van der Waals surface area contributed by atoms with Gasteiger partial charge in [-0.15, -0.1) is 0 Å². The SMILES string of the molecule is CC(C)N1CCCC2(CCC(=O)O2)CC1. The molecule has 0 radical (unpaired) electrons. The second-order valence-electron chi connectivity index (χ2n) is 5.14. The first-order chi connectivity index (χ1) is 7.11. The molecule has 3 heteroatoms. The first-order valence-electron chi connectivity index (χ1n) is 6.07. The molecule has 0 saturated carbocycles. The lowest BCUT2D eigenvalue weighted by molar-refractivity contribution is -0.149. The summed E-state index contributed by atoms with van der Waals surface area (Å²) >= 11 is 0. The van der Waals surface area contributed by atoms with Crippen LogP contribution in [0.2, 0.25) is 0 Å². The molecule has 0 bridgehead atoms. The molecule has 2 rings (SSSR count). The molecule has 2 aliphatic rings. The number of carbonyl (C=O) groups is 1. The normalized spacial score (nSPS) is 33.4. The first-order valence-corrected chi connectivity index (χ1v) is 6.07. The Hall–Kier alpha value is -0.570. The average molecular weight is 211 g/mol. The van der Waals surface area contributed by atoms with Gasteiger partial charge >= 0.3 is 5.97 Å². The Morgan fingerprint density at radius 2 is 2.07 bits per heavy atom. The Balaban J connectivity index is 1.98. The second-order valence-corrected chi connectivity index (χ2v) is 5.14. The second kappa shape index (κ2) is 4.12. The summed E-state index contributed by atoms with van der Waals surface area (Å²) in [6.45, 7) is 6.69. The van der Waals surface area contributed by atoms with Crippen molar-refractivity contribution in [3.05, 3.63) is 0 Å². The Morgan fingerprint density at radius 3 is 2.67 bits per heavy atom. The van der Waals surface area contributed by atoms with E-state index in [1.807, 2.05) is 0 Å². The monoisotopic (exact) mass is 211 g/mol. The summed E-state index contributed by atoms with van der Waals surface area (Å²) in [7, 11) is 0. The van der Waals surface area contributed by atoms with Crippen molar-refractivity contribution in [2.75, 3.05) is 13.1 Å². The number of carbonyl (C=O) groups excluding carboxylic acids is 1. The van der Waals surface area contributed by atoms with Gasteiger partial charge in [-0.05, 0) is 46.1 Å². The molecule has 0 aliphatic carbocycles. The fraction of sp³-hybridized carbons (Fsp3) is 0.917. The fourth-order valence-corrected chi connectivity index (χ4v) is 2.73. The van der Waals surface area contributed by atoms with Crippen LogP contribution in [-0.2, 0) is 9.53 Å². The van der Waals surface area contributed by atoms with Gasteiger partial charge in [0.2, 0.25) is 0 Å². The van der Waals surface area contributed by atoms with E-state index < -0.39 is 0 Å². The van der Waals surface area contributed by atoms with E-state index in [1.165, 1.54) is 0 Å². The van der Waals surface area contributed by atoms with Crippen molar-refractivity contribution in [3.63, 3.8) is 0 Å². The maximum Gasteiger partial charge on any atom is 0.306 e. The average Bonchev–Trinajstić information content (AvgIpc) is 2.43. The van der Waals surface area contributed by atoms with Crippen LogP contribution < -0.4 is 0 Å². The van der Waals surface area contributed by atoms with E-state index in [4.69, 9.17) is 4.74 Å². The minimum Gasteiger partial charge on any atom is -0.459 e. The minimum absolute atomic E-state index is 0.00740. The first kappa shape index (κ1) is 10.9. The van der Waals surface area contributed by atoms with Crippen molar-refractivity contribution in [2.24, 2.45) is 0 Å². The Labute approximate surface area is 91.8 Å². The van der Waals surface area contributed by atoms with Gasteiger partial charge in [-0.2, -0.15) is 0 Å². The molecule has 86 valence electrons. The smallest absolute Gasteiger partial charge is 0.306 e. The Bertz CT molecular complexity index is 252. The van der Waals surface area contributed by atoms with Crippen LogP contribution in [0.3, 0.4) is 0 Å². The van der Waals surface area contributed by atoms with Crippen LogP contribution in [0.15, 0.2) is 0 Å². The summed E-state index contributed by atoms with van der Waals surface area (Å²) in [6.07, 6.45) is 4.81. The number of nitrogens with zero attached hydrogens (tertiary/aromatic N) is 1. The molecule has 15 heavy (non-hydrogen) atoms. The number of hydrogen-bond acceptors (Lipinski definition) is 3. The number of esters is 1. The Kier molecular flexibility index (Phi) is 3.01. The lowest BCUT2D eigenvalue weighted by Crippen LogP contribution is -2.34. The van der Waals surface area contributed by atoms with Crippen LogP contribution in [0, 0.1) is 0 Å². The molecular weight excluding hydrogens is 190 g/mol. The largest absolute Gasteiger partial charge is 0.459 e. The van der Waals surface area contributed by atoms with E-state index in [2.05, 4.69) is 18.7 Å². The third kappa shape index (κ3) is 2.33. The highest BCUT2D eigenvalue weighted by molar-refractivity contribution is 5.72. The molecule has 0 aromatic carbocycles. The van der Waals surface area contributed by atoms with Gasteiger partial charge in [-0.1, -0.05) is 0 Å². The summed E-state index contributed by atoms with van der Waals surface area (Å²) < 4.78 is 5.53. The predicted molar refractivity (Wildman–Crippen MR) is 58.6 cm³/mol. The van der Waals surface area contributed by atoms with E-state index in [9.17, 15) is 4.79 Å². The van der Waals surface area contributed by atoms with E-state index in [1.54, 1.807) is 0 Å². The summed E-state index contributed by atoms with van der Waals surface area (Å²) in [5, 5.41) is 0. The predicted octanol–water partition coefficient (Wildman–Crippen LogP) is 1.96. The van der Waals surface area contributed by atoms with Crippen molar-refractivity contribution >= 4 is 5.97 Å². The summed E-state index contributed by atoms with van der Waals surface area (Å²) in [6, 6.07) is 0.609. The number of rotatable bonds is 1. The molecule has 0 N–H and O–H groups in total. The standard InChI is InChI=1S/C12H21NO2/c1-10(2)13-8-3-5-12(7-9-13)6-4-11(14)15-12/h10H,3-9H2,1-2H3. The zero-order valence-corrected chi connectivity index (χ0v) is 9.79. The molecule has 0 amide bonds. The molecule has 2 heterocycles. The van der Waals surface area contributed by atoms with Gasteiger partial charge in [0.1, 0.15) is 5.60 Å². The van der Waals surface area contributed by atoms with E-state index >= 15 is 0 Å². The van der Waals surface area contributed by atoms with Crippen LogP contribution in [-0.4, -0.2) is 35.6 Å². The molecule has 0 aromatic rings. The van der Waals surface area contributed by atoms with Crippen molar-refractivity contribution in [1.29, 1.82) is 0 Å². The van der Waals surface area contributed by atoms with Crippen LogP contribution in [0.1, 0.15) is 46.0 Å². The summed E-state index contributed by atoms with van der Waals surface area (Å²) in [5.74, 6) is 0.00740. The molecule has 1 unspecified atom stereocenters. The third-order valence-corrected chi connectivity index (χ3v) is 3.78.